The summed E-state index contributed by atoms with van der Waals surface area (Å²) in [7, 11) is 0. The molecule has 0 aliphatic carbocycles. The third-order valence-electron chi connectivity index (χ3n) is 2.53. The van der Waals surface area contributed by atoms with Crippen molar-refractivity contribution in [3.63, 3.8) is 0 Å². The van der Waals surface area contributed by atoms with Crippen LogP contribution in [0, 0.1) is 10.5 Å². The summed E-state index contributed by atoms with van der Waals surface area (Å²) in [4.78, 5) is 3.44. The van der Waals surface area contributed by atoms with Crippen molar-refractivity contribution in [2.24, 2.45) is 0 Å². The zero-order chi connectivity index (χ0) is 10.1. The average molecular weight is 301 g/mol. The van der Waals surface area contributed by atoms with Crippen LogP contribution in [0.3, 0.4) is 0 Å². The smallest absolute Gasteiger partial charge is 0.0781 e. The maximum absolute atomic E-state index is 3.92. The van der Waals surface area contributed by atoms with Crippen LogP contribution in [0.15, 0.2) is 18.2 Å². The van der Waals surface area contributed by atoms with Gasteiger partial charge in [0.2, 0.25) is 0 Å². The van der Waals surface area contributed by atoms with Gasteiger partial charge < -0.3 is 10.7 Å². The number of aromatic nitrogens is 1. The highest BCUT2D eigenvalue weighted by atomic mass is 127. The first-order valence-electron chi connectivity index (χ1n) is 4.79. The Morgan fingerprint density at radius 2 is 2.21 bits per heavy atom. The summed E-state index contributed by atoms with van der Waals surface area (Å²) >= 11 is 2.37. The van der Waals surface area contributed by atoms with Crippen molar-refractivity contribution in [1.29, 1.82) is 0 Å². The molecule has 0 saturated heterocycles. The molecule has 0 aliphatic rings. The van der Waals surface area contributed by atoms with Gasteiger partial charge in [0, 0.05) is 21.1 Å². The molecular weight excluding hydrogens is 287 g/mol. The molecule has 0 saturated carbocycles. The normalized spacial score (nSPS) is 11.1. The van der Waals surface area contributed by atoms with Crippen molar-refractivity contribution in [2.45, 2.75) is 13.3 Å². The standard InChI is InChI=1S/C11H13IN2/c1-7-8(5-6-13)9-3-2-4-10(12)11(9)14-7/h2-4,14H,5-6,13H2,1H3/p+1. The molecule has 0 spiro atoms. The van der Waals surface area contributed by atoms with Crippen molar-refractivity contribution in [1.82, 2.24) is 4.98 Å². The Hall–Kier alpha value is -0.550. The van der Waals surface area contributed by atoms with E-state index in [-0.39, 0.29) is 0 Å². The van der Waals surface area contributed by atoms with Crippen LogP contribution in [0.1, 0.15) is 11.3 Å². The van der Waals surface area contributed by atoms with Crippen LogP contribution in [0.4, 0.5) is 0 Å². The minimum absolute atomic E-state index is 0.958. The highest BCUT2D eigenvalue weighted by molar-refractivity contribution is 14.1. The van der Waals surface area contributed by atoms with E-state index in [4.69, 9.17) is 0 Å². The third-order valence-corrected chi connectivity index (χ3v) is 3.43. The number of halogens is 1. The molecule has 3 heteroatoms. The molecule has 2 aromatic rings. The predicted octanol–water partition coefficient (Wildman–Crippen LogP) is 1.87. The quantitative estimate of drug-likeness (QED) is 0.795. The van der Waals surface area contributed by atoms with Crippen LogP contribution in [0.2, 0.25) is 0 Å². The van der Waals surface area contributed by atoms with Gasteiger partial charge in [0.25, 0.3) is 0 Å². The zero-order valence-electron chi connectivity index (χ0n) is 8.23. The Bertz CT molecular complexity index is 460. The molecule has 0 aliphatic heterocycles. The van der Waals surface area contributed by atoms with E-state index in [1.165, 1.54) is 25.7 Å². The maximum atomic E-state index is 3.92. The number of benzene rings is 1. The molecule has 0 amide bonds. The molecule has 1 heterocycles. The monoisotopic (exact) mass is 301 g/mol. The number of fused-ring (bicyclic) bond motifs is 1. The van der Waals surface area contributed by atoms with E-state index >= 15 is 0 Å². The van der Waals surface area contributed by atoms with Gasteiger partial charge in [-0.25, -0.2) is 0 Å². The molecule has 0 atom stereocenters. The van der Waals surface area contributed by atoms with Gasteiger partial charge in [0.05, 0.1) is 12.1 Å². The first-order chi connectivity index (χ1) is 6.74. The fourth-order valence-corrected chi connectivity index (χ4v) is 2.50. The van der Waals surface area contributed by atoms with E-state index in [1.54, 1.807) is 0 Å². The number of hydrogen-bond donors (Lipinski definition) is 2. The molecule has 0 fully saturated rings. The van der Waals surface area contributed by atoms with Crippen LogP contribution >= 0.6 is 22.6 Å². The summed E-state index contributed by atoms with van der Waals surface area (Å²) < 4.78 is 1.29. The summed E-state index contributed by atoms with van der Waals surface area (Å²) in [5.41, 5.74) is 7.90. The van der Waals surface area contributed by atoms with Crippen LogP contribution in [0.25, 0.3) is 10.9 Å². The molecule has 0 radical (unpaired) electrons. The Morgan fingerprint density at radius 3 is 2.93 bits per heavy atom. The van der Waals surface area contributed by atoms with E-state index in [0.29, 0.717) is 0 Å². The first kappa shape index (κ1) is 9.98. The molecular formula is C11H14IN2+. The summed E-state index contributed by atoms with van der Waals surface area (Å²) in [6, 6.07) is 6.43. The Labute approximate surface area is 97.0 Å². The summed E-state index contributed by atoms with van der Waals surface area (Å²) in [6.07, 6.45) is 1.06. The SMILES string of the molecule is Cc1[nH]c2c(I)cccc2c1CC[NH3+]. The molecule has 2 rings (SSSR count). The largest absolute Gasteiger partial charge is 0.358 e. The minimum Gasteiger partial charge on any atom is -0.358 e. The fourth-order valence-electron chi connectivity index (χ4n) is 1.87. The van der Waals surface area contributed by atoms with Crippen molar-refractivity contribution in [3.8, 4) is 0 Å². The number of aryl methyl sites for hydroxylation is 1. The Balaban J connectivity index is 2.70. The van der Waals surface area contributed by atoms with Crippen molar-refractivity contribution < 1.29 is 5.73 Å². The van der Waals surface area contributed by atoms with Crippen molar-refractivity contribution in [2.75, 3.05) is 6.54 Å². The third kappa shape index (κ3) is 1.54. The lowest BCUT2D eigenvalue weighted by molar-refractivity contribution is -0.366. The number of aromatic amines is 1. The van der Waals surface area contributed by atoms with E-state index in [2.05, 4.69) is 58.4 Å². The molecule has 14 heavy (non-hydrogen) atoms. The van der Waals surface area contributed by atoms with Crippen molar-refractivity contribution in [3.05, 3.63) is 33.0 Å². The van der Waals surface area contributed by atoms with E-state index in [0.717, 1.165) is 13.0 Å². The number of quaternary nitrogens is 1. The maximum Gasteiger partial charge on any atom is 0.0781 e. The number of para-hydroxylation sites is 1. The molecule has 1 aromatic heterocycles. The lowest BCUT2D eigenvalue weighted by Crippen LogP contribution is -2.51. The van der Waals surface area contributed by atoms with Gasteiger partial charge in [-0.2, -0.15) is 0 Å². The van der Waals surface area contributed by atoms with Crippen LogP contribution < -0.4 is 5.73 Å². The molecule has 0 unspecified atom stereocenters. The minimum atomic E-state index is 0.958. The van der Waals surface area contributed by atoms with Gasteiger partial charge in [-0.15, -0.1) is 0 Å². The van der Waals surface area contributed by atoms with Crippen LogP contribution in [0.5, 0.6) is 0 Å². The summed E-state index contributed by atoms with van der Waals surface area (Å²) in [5, 5.41) is 1.36. The molecule has 0 bridgehead atoms. The van der Waals surface area contributed by atoms with Crippen molar-refractivity contribution >= 4 is 33.5 Å². The van der Waals surface area contributed by atoms with E-state index < -0.39 is 0 Å². The second-order valence-electron chi connectivity index (χ2n) is 3.49. The molecule has 4 N–H and O–H groups in total. The zero-order valence-corrected chi connectivity index (χ0v) is 10.4. The van der Waals surface area contributed by atoms with Gasteiger partial charge >= 0.3 is 0 Å². The number of hydrogen-bond acceptors (Lipinski definition) is 0. The van der Waals surface area contributed by atoms with Gasteiger partial charge in [0.1, 0.15) is 0 Å². The second kappa shape index (κ2) is 3.90. The van der Waals surface area contributed by atoms with E-state index in [9.17, 15) is 0 Å². The highest BCUT2D eigenvalue weighted by Gasteiger charge is 2.09. The number of H-pyrrole nitrogens is 1. The van der Waals surface area contributed by atoms with Gasteiger partial charge in [0.15, 0.2) is 0 Å². The van der Waals surface area contributed by atoms with Gasteiger partial charge in [-0.05, 0) is 41.1 Å². The Kier molecular flexibility index (Phi) is 2.78. The number of nitrogens with one attached hydrogen (secondary N) is 1. The Morgan fingerprint density at radius 1 is 1.43 bits per heavy atom. The topological polar surface area (TPSA) is 43.4 Å². The lowest BCUT2D eigenvalue weighted by Gasteiger charge is -1.96. The second-order valence-corrected chi connectivity index (χ2v) is 4.66. The van der Waals surface area contributed by atoms with Crippen LogP contribution in [-0.2, 0) is 6.42 Å². The summed E-state index contributed by atoms with van der Waals surface area (Å²) in [6.45, 7) is 3.10. The van der Waals surface area contributed by atoms with E-state index in [1.807, 2.05) is 0 Å². The average Bonchev–Trinajstić information content (AvgIpc) is 2.47. The van der Waals surface area contributed by atoms with Crippen LogP contribution in [-0.4, -0.2) is 11.5 Å². The van der Waals surface area contributed by atoms with Gasteiger partial charge in [-0.1, -0.05) is 12.1 Å². The highest BCUT2D eigenvalue weighted by Crippen LogP contribution is 2.25. The molecule has 74 valence electrons. The predicted molar refractivity (Wildman–Crippen MR) is 67.2 cm³/mol. The molecule has 2 nitrogen and oxygen atoms in total. The first-order valence-corrected chi connectivity index (χ1v) is 5.87. The van der Waals surface area contributed by atoms with Gasteiger partial charge in [-0.3, -0.25) is 0 Å². The summed E-state index contributed by atoms with van der Waals surface area (Å²) in [5.74, 6) is 0. The lowest BCUT2D eigenvalue weighted by atomic mass is 10.1. The fraction of sp³-hybridized carbons (Fsp3) is 0.273. The molecule has 1 aromatic carbocycles. The number of rotatable bonds is 2.